The van der Waals surface area contributed by atoms with Crippen LogP contribution >= 0.6 is 0 Å². The summed E-state index contributed by atoms with van der Waals surface area (Å²) in [7, 11) is -4.47. The molecule has 0 spiro atoms. The van der Waals surface area contributed by atoms with Gasteiger partial charge in [-0.05, 0) is 5.94 Å². The Morgan fingerprint density at radius 2 is 1.38 bits per heavy atom. The molecule has 0 saturated heterocycles. The van der Waals surface area contributed by atoms with E-state index in [2.05, 4.69) is 0 Å². The number of rotatable bonds is 1. The van der Waals surface area contributed by atoms with E-state index in [1.165, 1.54) is 0 Å². The zero-order valence-electron chi connectivity index (χ0n) is 4.75. The van der Waals surface area contributed by atoms with Crippen LogP contribution in [0.15, 0.2) is 0 Å². The van der Waals surface area contributed by atoms with Gasteiger partial charge >= 0.3 is 59.1 Å². The van der Waals surface area contributed by atoms with Crippen LogP contribution in [0.25, 0.3) is 0 Å². The summed E-state index contributed by atoms with van der Waals surface area (Å²) < 4.78 is 27.4. The molecule has 0 aliphatic heterocycles. The van der Waals surface area contributed by atoms with E-state index in [-0.39, 0.29) is 59.1 Å². The van der Waals surface area contributed by atoms with Crippen LogP contribution in [0.5, 0.6) is 0 Å². The molecule has 7 heteroatoms. The van der Waals surface area contributed by atoms with Crippen LogP contribution in [0.1, 0.15) is 0 Å². The van der Waals surface area contributed by atoms with Gasteiger partial charge in [0.15, 0.2) is 0 Å². The molecule has 0 atom stereocenters. The second-order valence-corrected chi connectivity index (χ2v) is 2.03. The molecule has 0 bridgehead atoms. The van der Waals surface area contributed by atoms with Crippen molar-refractivity contribution in [3.8, 4) is 0 Å². The molecule has 0 aromatic rings. The quantitative estimate of drug-likeness (QED) is 0.279. The maximum Gasteiger partial charge on any atom is 1.00 e. The molecule has 0 N–H and O–H groups in total. The first-order valence-corrected chi connectivity index (χ1v) is 2.65. The van der Waals surface area contributed by atoms with Crippen molar-refractivity contribution < 1.29 is 77.2 Å². The number of hydrogen-bond donors (Lipinski definition) is 0. The summed E-state index contributed by atoms with van der Waals surface area (Å²) in [5, 5.41) is 9.05. The predicted molar refractivity (Wildman–Crippen MR) is 14.6 cm³/mol. The van der Waals surface area contributed by atoms with Crippen LogP contribution in [0.2, 0.25) is 0 Å². The molecule has 0 unspecified atom stereocenters. The normalized spacial score (nSPS) is 8.75. The average Bonchev–Trinajstić information content (AvgIpc) is 1.35. The fourth-order valence-electron chi connectivity index (χ4n) is 0. The van der Waals surface area contributed by atoms with Gasteiger partial charge < -0.3 is 9.66 Å². The van der Waals surface area contributed by atoms with Gasteiger partial charge in [-0.25, -0.2) is 8.42 Å². The standard InChI is InChI=1S/CH3O4S.2Na/c2-1-6(3,4)5;;/h1H2,(H,3,4,5);;/q-1;2*+1/p-1. The first-order chi connectivity index (χ1) is 2.56. The summed E-state index contributed by atoms with van der Waals surface area (Å²) in [6.07, 6.45) is 0. The van der Waals surface area contributed by atoms with E-state index in [0.717, 1.165) is 0 Å². The van der Waals surface area contributed by atoms with Gasteiger partial charge in [0.1, 0.15) is 0 Å². The van der Waals surface area contributed by atoms with Crippen molar-refractivity contribution in [1.29, 1.82) is 0 Å². The molecule has 38 valence electrons. The SMILES string of the molecule is O=S(=O)([O-])C[O-].[Na+].[Na+]. The maximum absolute atomic E-state index is 9.13. The zero-order valence-corrected chi connectivity index (χ0v) is 9.56. The van der Waals surface area contributed by atoms with Crippen molar-refractivity contribution in [3.05, 3.63) is 0 Å². The smallest absolute Gasteiger partial charge is 0.844 e. The Bertz CT molecular complexity index is 116. The van der Waals surface area contributed by atoms with Gasteiger partial charge in [-0.3, -0.25) is 0 Å². The van der Waals surface area contributed by atoms with Gasteiger partial charge in [0.25, 0.3) is 0 Å². The molecule has 0 aromatic carbocycles. The van der Waals surface area contributed by atoms with Crippen molar-refractivity contribution in [2.45, 2.75) is 0 Å². The Kier molecular flexibility index (Phi) is 14.4. The summed E-state index contributed by atoms with van der Waals surface area (Å²) >= 11 is 0. The largest absolute Gasteiger partial charge is 1.00 e. The fourth-order valence-corrected chi connectivity index (χ4v) is 0. The van der Waals surface area contributed by atoms with Crippen molar-refractivity contribution >= 4 is 10.1 Å². The Morgan fingerprint density at radius 3 is 1.38 bits per heavy atom. The third kappa shape index (κ3) is 15.7. The Balaban J connectivity index is -0.000000125. The minimum atomic E-state index is -4.47. The van der Waals surface area contributed by atoms with Crippen LogP contribution in [-0.4, -0.2) is 18.9 Å². The monoisotopic (exact) mass is 156 g/mol. The van der Waals surface area contributed by atoms with E-state index < -0.39 is 16.1 Å². The van der Waals surface area contributed by atoms with E-state index in [1.54, 1.807) is 0 Å². The first kappa shape index (κ1) is 16.5. The van der Waals surface area contributed by atoms with Crippen molar-refractivity contribution in [2.24, 2.45) is 0 Å². The molecule has 8 heavy (non-hydrogen) atoms. The molecule has 0 fully saturated rings. The van der Waals surface area contributed by atoms with Gasteiger partial charge in [0.2, 0.25) is 0 Å². The van der Waals surface area contributed by atoms with Gasteiger partial charge in [0, 0.05) is 0 Å². The third-order valence-corrected chi connectivity index (χ3v) is 0.433. The summed E-state index contributed by atoms with van der Waals surface area (Å²) in [5.74, 6) is -1.56. The Labute approximate surface area is 92.0 Å². The minimum Gasteiger partial charge on any atom is -0.844 e. The average molecular weight is 156 g/mol. The molecule has 0 amide bonds. The third-order valence-electron chi connectivity index (χ3n) is 0.144. The molecule has 0 radical (unpaired) electrons. The van der Waals surface area contributed by atoms with Gasteiger partial charge in [-0.15, -0.1) is 0 Å². The van der Waals surface area contributed by atoms with E-state index in [1.807, 2.05) is 0 Å². The maximum atomic E-state index is 9.13. The molecule has 0 aliphatic carbocycles. The van der Waals surface area contributed by atoms with Crippen LogP contribution < -0.4 is 64.2 Å². The summed E-state index contributed by atoms with van der Waals surface area (Å²) in [4.78, 5) is 0. The second kappa shape index (κ2) is 6.98. The number of hydrogen-bond acceptors (Lipinski definition) is 4. The molecule has 0 saturated carbocycles. The van der Waals surface area contributed by atoms with Crippen LogP contribution in [0.3, 0.4) is 0 Å². The Morgan fingerprint density at radius 1 is 1.25 bits per heavy atom. The predicted octanol–water partition coefficient (Wildman–Crippen LogP) is -8.14. The molecular formula is CH2Na2O4S. The molecule has 0 aliphatic rings. The van der Waals surface area contributed by atoms with E-state index in [4.69, 9.17) is 18.1 Å². The van der Waals surface area contributed by atoms with Crippen molar-refractivity contribution in [1.82, 2.24) is 0 Å². The Hall–Kier alpha value is 1.87. The van der Waals surface area contributed by atoms with Gasteiger partial charge in [-0.1, -0.05) is 0 Å². The minimum absolute atomic E-state index is 0. The van der Waals surface area contributed by atoms with Crippen LogP contribution in [-0.2, 0) is 10.1 Å². The molecular weight excluding hydrogens is 154 g/mol. The molecule has 0 rings (SSSR count). The molecule has 4 nitrogen and oxygen atoms in total. The summed E-state index contributed by atoms with van der Waals surface area (Å²) in [6.45, 7) is 0. The summed E-state index contributed by atoms with van der Waals surface area (Å²) in [5.41, 5.74) is 0. The van der Waals surface area contributed by atoms with Crippen molar-refractivity contribution in [3.63, 3.8) is 0 Å². The fraction of sp³-hybridized carbons (Fsp3) is 1.00. The van der Waals surface area contributed by atoms with E-state index >= 15 is 0 Å². The van der Waals surface area contributed by atoms with Gasteiger partial charge in [0.05, 0.1) is 10.1 Å². The molecule has 0 aromatic heterocycles. The second-order valence-electron chi connectivity index (χ2n) is 0.676. The zero-order chi connectivity index (χ0) is 5.21. The van der Waals surface area contributed by atoms with E-state index in [9.17, 15) is 0 Å². The van der Waals surface area contributed by atoms with E-state index in [0.29, 0.717) is 0 Å². The molecule has 0 heterocycles. The van der Waals surface area contributed by atoms with Crippen molar-refractivity contribution in [2.75, 3.05) is 5.94 Å². The summed E-state index contributed by atoms with van der Waals surface area (Å²) in [6, 6.07) is 0. The van der Waals surface area contributed by atoms with Crippen LogP contribution in [0.4, 0.5) is 0 Å². The topological polar surface area (TPSA) is 80.3 Å². The van der Waals surface area contributed by atoms with Crippen LogP contribution in [0, 0.1) is 0 Å². The van der Waals surface area contributed by atoms with Gasteiger partial charge in [-0.2, -0.15) is 0 Å². The first-order valence-electron chi connectivity index (χ1n) is 1.08.